The van der Waals surface area contributed by atoms with E-state index >= 15 is 0 Å². The van der Waals surface area contributed by atoms with Gasteiger partial charge in [0.25, 0.3) is 0 Å². The van der Waals surface area contributed by atoms with Gasteiger partial charge in [-0.1, -0.05) is 6.42 Å². The summed E-state index contributed by atoms with van der Waals surface area (Å²) >= 11 is 0. The summed E-state index contributed by atoms with van der Waals surface area (Å²) < 4.78 is 4.79. The van der Waals surface area contributed by atoms with E-state index < -0.39 is 49.5 Å². The molecule has 0 rings (SSSR count). The monoisotopic (exact) mass is 319 g/mol. The van der Waals surface area contributed by atoms with Crippen molar-refractivity contribution in [1.82, 2.24) is 0 Å². The van der Waals surface area contributed by atoms with Crippen LogP contribution in [-0.4, -0.2) is 70.5 Å². The third-order valence-corrected chi connectivity index (χ3v) is 3.18. The standard InChI is InChI=1S/C13H25N3O6/c14-4-2-1-3-9(16)13(21)22-7-11(19)8(5-15)12(20)10(18)6-17/h8-12,17-20H,1-4,6-7,14,16H2/t8-,9+,10-,11+,12+/m1/s1. The van der Waals surface area contributed by atoms with Gasteiger partial charge in [0.15, 0.2) is 0 Å². The number of unbranched alkanes of at least 4 members (excludes halogenated alkanes) is 1. The molecule has 5 atom stereocenters. The van der Waals surface area contributed by atoms with Crippen LogP contribution in [0.5, 0.6) is 0 Å². The molecule has 0 saturated heterocycles. The van der Waals surface area contributed by atoms with E-state index in [0.717, 1.165) is 6.42 Å². The molecule has 0 heterocycles. The minimum atomic E-state index is -1.66. The number of hydrogen-bond acceptors (Lipinski definition) is 9. The van der Waals surface area contributed by atoms with Gasteiger partial charge >= 0.3 is 5.97 Å². The molecule has 0 aliphatic carbocycles. The van der Waals surface area contributed by atoms with E-state index in [2.05, 4.69) is 0 Å². The van der Waals surface area contributed by atoms with Crippen molar-refractivity contribution in [2.24, 2.45) is 17.4 Å². The molecule has 0 bridgehead atoms. The van der Waals surface area contributed by atoms with Gasteiger partial charge in [-0.15, -0.1) is 0 Å². The average molecular weight is 319 g/mol. The van der Waals surface area contributed by atoms with Crippen molar-refractivity contribution in [2.45, 2.75) is 43.6 Å². The number of nitriles is 1. The predicted molar refractivity (Wildman–Crippen MR) is 76.0 cm³/mol. The first kappa shape index (κ1) is 20.7. The van der Waals surface area contributed by atoms with Crippen LogP contribution in [0.3, 0.4) is 0 Å². The maximum atomic E-state index is 11.6. The van der Waals surface area contributed by atoms with E-state index in [1.54, 1.807) is 6.07 Å². The number of rotatable bonds is 11. The highest BCUT2D eigenvalue weighted by Crippen LogP contribution is 2.13. The fourth-order valence-electron chi connectivity index (χ4n) is 1.74. The van der Waals surface area contributed by atoms with Crippen LogP contribution < -0.4 is 11.5 Å². The molecule has 0 amide bonds. The van der Waals surface area contributed by atoms with Crippen molar-refractivity contribution in [3.05, 3.63) is 0 Å². The SMILES string of the molecule is N#C[C@@H]([C@H](O)[C@H](O)CO)[C@@H](O)COC(=O)[C@@H](N)CCCCN. The molecule has 0 aliphatic rings. The molecule has 0 fully saturated rings. The zero-order valence-electron chi connectivity index (χ0n) is 12.3. The van der Waals surface area contributed by atoms with E-state index in [1.165, 1.54) is 0 Å². The van der Waals surface area contributed by atoms with Gasteiger partial charge in [0.1, 0.15) is 36.9 Å². The summed E-state index contributed by atoms with van der Waals surface area (Å²) in [6, 6.07) is 0.750. The Balaban J connectivity index is 4.32. The second-order valence-corrected chi connectivity index (χ2v) is 4.98. The summed E-state index contributed by atoms with van der Waals surface area (Å²) in [5.41, 5.74) is 10.9. The smallest absolute Gasteiger partial charge is 0.322 e. The number of carbonyl (C=O) groups excluding carboxylic acids is 1. The van der Waals surface area contributed by atoms with Crippen LogP contribution in [0.15, 0.2) is 0 Å². The van der Waals surface area contributed by atoms with Crippen molar-refractivity contribution < 1.29 is 30.0 Å². The lowest BCUT2D eigenvalue weighted by molar-refractivity contribution is -0.150. The van der Waals surface area contributed by atoms with Crippen LogP contribution in [0.25, 0.3) is 0 Å². The number of nitrogens with two attached hydrogens (primary N) is 2. The van der Waals surface area contributed by atoms with Gasteiger partial charge in [-0.25, -0.2) is 0 Å². The highest BCUT2D eigenvalue weighted by molar-refractivity contribution is 5.75. The first-order chi connectivity index (χ1) is 10.4. The lowest BCUT2D eigenvalue weighted by Gasteiger charge is -2.24. The molecule has 0 saturated carbocycles. The normalized spacial score (nSPS) is 17.9. The second kappa shape index (κ2) is 11.3. The van der Waals surface area contributed by atoms with Crippen LogP contribution >= 0.6 is 0 Å². The molecule has 128 valence electrons. The summed E-state index contributed by atoms with van der Waals surface area (Å²) in [6.07, 6.45) is -2.97. The number of hydrogen-bond donors (Lipinski definition) is 6. The van der Waals surface area contributed by atoms with Gasteiger partial charge in [-0.05, 0) is 19.4 Å². The van der Waals surface area contributed by atoms with Gasteiger partial charge < -0.3 is 36.6 Å². The Morgan fingerprint density at radius 2 is 1.86 bits per heavy atom. The van der Waals surface area contributed by atoms with Crippen molar-refractivity contribution in [2.75, 3.05) is 19.8 Å². The van der Waals surface area contributed by atoms with Crippen LogP contribution in [0, 0.1) is 17.2 Å². The first-order valence-electron chi connectivity index (χ1n) is 7.06. The summed E-state index contributed by atoms with van der Waals surface area (Å²) in [5.74, 6) is -2.15. The summed E-state index contributed by atoms with van der Waals surface area (Å²) in [5, 5.41) is 46.2. The molecule has 9 nitrogen and oxygen atoms in total. The fourth-order valence-corrected chi connectivity index (χ4v) is 1.74. The zero-order valence-corrected chi connectivity index (χ0v) is 12.3. The molecule has 0 aromatic heterocycles. The first-order valence-corrected chi connectivity index (χ1v) is 7.06. The average Bonchev–Trinajstić information content (AvgIpc) is 2.52. The van der Waals surface area contributed by atoms with E-state index in [9.17, 15) is 20.1 Å². The number of carbonyl (C=O) groups is 1. The van der Waals surface area contributed by atoms with Gasteiger partial charge in [-0.2, -0.15) is 5.26 Å². The van der Waals surface area contributed by atoms with Crippen molar-refractivity contribution in [3.8, 4) is 6.07 Å². The summed E-state index contributed by atoms with van der Waals surface area (Å²) in [7, 11) is 0. The quantitative estimate of drug-likeness (QED) is 0.173. The highest BCUT2D eigenvalue weighted by atomic mass is 16.5. The Morgan fingerprint density at radius 1 is 1.23 bits per heavy atom. The Labute approximate surface area is 129 Å². The van der Waals surface area contributed by atoms with E-state index in [1.807, 2.05) is 0 Å². The molecular weight excluding hydrogens is 294 g/mol. The lowest BCUT2D eigenvalue weighted by Crippen LogP contribution is -2.43. The minimum absolute atomic E-state index is 0.389. The third-order valence-electron chi connectivity index (χ3n) is 3.18. The number of nitrogens with zero attached hydrogens (tertiary/aromatic N) is 1. The second-order valence-electron chi connectivity index (χ2n) is 4.98. The predicted octanol–water partition coefficient (Wildman–Crippen LogP) is -2.80. The van der Waals surface area contributed by atoms with Crippen molar-refractivity contribution in [1.29, 1.82) is 5.26 Å². The summed E-state index contributed by atoms with van der Waals surface area (Å²) in [6.45, 7) is -0.815. The Kier molecular flexibility index (Phi) is 10.7. The van der Waals surface area contributed by atoms with Crippen LogP contribution in [-0.2, 0) is 9.53 Å². The van der Waals surface area contributed by atoms with Crippen LogP contribution in [0.2, 0.25) is 0 Å². The van der Waals surface area contributed by atoms with Gasteiger partial charge in [0.05, 0.1) is 12.7 Å². The molecule has 0 unspecified atom stereocenters. The number of aliphatic hydroxyl groups is 4. The third kappa shape index (κ3) is 7.13. The number of aliphatic hydroxyl groups excluding tert-OH is 4. The topological polar surface area (TPSA) is 183 Å². The molecule has 0 spiro atoms. The largest absolute Gasteiger partial charge is 0.462 e. The molecule has 0 aliphatic heterocycles. The van der Waals surface area contributed by atoms with Gasteiger partial charge in [-0.3, -0.25) is 4.79 Å². The lowest BCUT2D eigenvalue weighted by atomic mass is 9.94. The Hall–Kier alpha value is -1.28. The van der Waals surface area contributed by atoms with Gasteiger partial charge in [0.2, 0.25) is 0 Å². The molecule has 0 aromatic carbocycles. The molecule has 8 N–H and O–H groups in total. The highest BCUT2D eigenvalue weighted by Gasteiger charge is 2.32. The van der Waals surface area contributed by atoms with Crippen LogP contribution in [0.1, 0.15) is 19.3 Å². The molecule has 9 heteroatoms. The molecule has 0 radical (unpaired) electrons. The van der Waals surface area contributed by atoms with E-state index in [4.69, 9.17) is 26.6 Å². The number of esters is 1. The number of ether oxygens (including phenoxy) is 1. The molecule has 22 heavy (non-hydrogen) atoms. The van der Waals surface area contributed by atoms with Crippen LogP contribution in [0.4, 0.5) is 0 Å². The summed E-state index contributed by atoms with van der Waals surface area (Å²) in [4.78, 5) is 11.6. The maximum Gasteiger partial charge on any atom is 0.322 e. The van der Waals surface area contributed by atoms with E-state index in [-0.39, 0.29) is 0 Å². The Bertz CT molecular complexity index is 362. The fraction of sp³-hybridized carbons (Fsp3) is 0.846. The molecule has 0 aromatic rings. The zero-order chi connectivity index (χ0) is 17.1. The minimum Gasteiger partial charge on any atom is -0.462 e. The van der Waals surface area contributed by atoms with Crippen molar-refractivity contribution >= 4 is 5.97 Å². The van der Waals surface area contributed by atoms with E-state index in [0.29, 0.717) is 19.4 Å². The maximum absolute atomic E-state index is 11.6. The van der Waals surface area contributed by atoms with Gasteiger partial charge in [0, 0.05) is 0 Å². The van der Waals surface area contributed by atoms with Crippen molar-refractivity contribution in [3.63, 3.8) is 0 Å². The Morgan fingerprint density at radius 3 is 2.36 bits per heavy atom. The molecular formula is C13H25N3O6.